The second kappa shape index (κ2) is 7.14. The summed E-state index contributed by atoms with van der Waals surface area (Å²) in [5.74, 6) is 1.44. The van der Waals surface area contributed by atoms with Gasteiger partial charge >= 0.3 is 5.97 Å². The molecule has 1 N–H and O–H groups in total. The van der Waals surface area contributed by atoms with Gasteiger partial charge < -0.3 is 19.3 Å². The molecule has 1 aliphatic heterocycles. The molecule has 27 heavy (non-hydrogen) atoms. The van der Waals surface area contributed by atoms with Gasteiger partial charge in [-0.1, -0.05) is 0 Å². The molecule has 1 aliphatic rings. The molecule has 0 bridgehead atoms. The molecule has 0 amide bonds. The Balaban J connectivity index is 1.74. The fourth-order valence-electron chi connectivity index (χ4n) is 3.43. The first-order chi connectivity index (χ1) is 12.8. The second-order valence-corrected chi connectivity index (χ2v) is 7.39. The minimum atomic E-state index is -0.601. The number of ether oxygens (including phenoxy) is 3. The average molecular weight is 370 g/mol. The molecule has 0 fully saturated rings. The molecule has 2 aromatic rings. The third-order valence-corrected chi connectivity index (χ3v) is 5.43. The van der Waals surface area contributed by atoms with Crippen molar-refractivity contribution in [1.29, 1.82) is 0 Å². The number of benzene rings is 2. The van der Waals surface area contributed by atoms with Gasteiger partial charge in [-0.15, -0.1) is 0 Å². The van der Waals surface area contributed by atoms with Crippen molar-refractivity contribution in [1.82, 2.24) is 0 Å². The lowest BCUT2D eigenvalue weighted by Crippen LogP contribution is -2.42. The van der Waals surface area contributed by atoms with E-state index in [0.29, 0.717) is 23.5 Å². The number of aromatic hydroxyl groups is 1. The van der Waals surface area contributed by atoms with E-state index in [4.69, 9.17) is 14.2 Å². The van der Waals surface area contributed by atoms with Gasteiger partial charge in [0.25, 0.3) is 0 Å². The number of esters is 1. The maximum absolute atomic E-state index is 12.3. The van der Waals surface area contributed by atoms with Gasteiger partial charge in [0.1, 0.15) is 29.5 Å². The summed E-state index contributed by atoms with van der Waals surface area (Å²) in [6.07, 6.45) is 1.48. The van der Waals surface area contributed by atoms with Crippen molar-refractivity contribution in [3.05, 3.63) is 52.1 Å². The Bertz CT molecular complexity index is 870. The van der Waals surface area contributed by atoms with Crippen molar-refractivity contribution in [2.45, 2.75) is 46.1 Å². The Hall–Kier alpha value is -2.69. The van der Waals surface area contributed by atoms with Crippen molar-refractivity contribution >= 4 is 5.97 Å². The van der Waals surface area contributed by atoms with Gasteiger partial charge in [-0.2, -0.15) is 0 Å². The van der Waals surface area contributed by atoms with Crippen LogP contribution < -0.4 is 9.47 Å². The molecule has 3 rings (SSSR count). The monoisotopic (exact) mass is 370 g/mol. The molecule has 0 aromatic heterocycles. The molecule has 1 atom stereocenters. The third kappa shape index (κ3) is 3.59. The number of methoxy groups -OCH3 is 1. The molecule has 0 saturated heterocycles. The molecule has 0 radical (unpaired) electrons. The van der Waals surface area contributed by atoms with Crippen molar-refractivity contribution in [2.75, 3.05) is 13.7 Å². The molecule has 2 aromatic carbocycles. The highest BCUT2D eigenvalue weighted by atomic mass is 16.6. The first kappa shape index (κ1) is 19.1. The fourth-order valence-corrected chi connectivity index (χ4v) is 3.43. The number of carbonyl (C=O) groups excluding carboxylic acids is 1. The first-order valence-electron chi connectivity index (χ1n) is 9.07. The van der Waals surface area contributed by atoms with Crippen LogP contribution in [0.15, 0.2) is 24.3 Å². The quantitative estimate of drug-likeness (QED) is 0.815. The topological polar surface area (TPSA) is 65.0 Å². The largest absolute Gasteiger partial charge is 0.507 e. The summed E-state index contributed by atoms with van der Waals surface area (Å²) in [5.41, 5.74) is 3.53. The van der Waals surface area contributed by atoms with Gasteiger partial charge in [-0.3, -0.25) is 0 Å². The third-order valence-electron chi connectivity index (χ3n) is 5.43. The summed E-state index contributed by atoms with van der Waals surface area (Å²) in [6, 6.07) is 6.82. The van der Waals surface area contributed by atoms with Crippen LogP contribution in [0, 0.1) is 20.8 Å². The minimum absolute atomic E-state index is 0.162. The van der Waals surface area contributed by atoms with Gasteiger partial charge in [0.05, 0.1) is 12.7 Å². The summed E-state index contributed by atoms with van der Waals surface area (Å²) in [5, 5.41) is 10.3. The molecule has 0 aliphatic carbocycles. The van der Waals surface area contributed by atoms with Crippen LogP contribution in [0.2, 0.25) is 0 Å². The summed E-state index contributed by atoms with van der Waals surface area (Å²) < 4.78 is 16.9. The highest BCUT2D eigenvalue weighted by Gasteiger charge is 2.36. The molecule has 0 saturated carbocycles. The van der Waals surface area contributed by atoms with Crippen LogP contribution in [-0.2, 0) is 11.2 Å². The Morgan fingerprint density at radius 3 is 2.44 bits per heavy atom. The number of hydrogen-bond acceptors (Lipinski definition) is 5. The second-order valence-electron chi connectivity index (χ2n) is 7.39. The summed E-state index contributed by atoms with van der Waals surface area (Å²) in [6.45, 7) is 7.86. The van der Waals surface area contributed by atoms with Gasteiger partial charge in [0.2, 0.25) is 0 Å². The molecule has 144 valence electrons. The van der Waals surface area contributed by atoms with Crippen LogP contribution in [0.1, 0.15) is 46.0 Å². The van der Waals surface area contributed by atoms with E-state index < -0.39 is 5.60 Å². The highest BCUT2D eigenvalue weighted by Crippen LogP contribution is 2.43. The number of phenolic OH excluding ortho intramolecular Hbond substituents is 1. The maximum atomic E-state index is 12.3. The minimum Gasteiger partial charge on any atom is -0.507 e. The molecular formula is C22H26O5. The zero-order chi connectivity index (χ0) is 19.8. The fraction of sp³-hybridized carbons (Fsp3) is 0.409. The van der Waals surface area contributed by atoms with Crippen molar-refractivity contribution in [3.63, 3.8) is 0 Å². The van der Waals surface area contributed by atoms with E-state index in [9.17, 15) is 9.90 Å². The average Bonchev–Trinajstić information content (AvgIpc) is 2.69. The van der Waals surface area contributed by atoms with E-state index in [1.807, 2.05) is 27.7 Å². The number of fused-ring (bicyclic) bond motifs is 1. The van der Waals surface area contributed by atoms with E-state index in [2.05, 4.69) is 0 Å². The zero-order valence-electron chi connectivity index (χ0n) is 16.5. The molecule has 5 nitrogen and oxygen atoms in total. The molecular weight excluding hydrogens is 344 g/mol. The van der Waals surface area contributed by atoms with Crippen molar-refractivity contribution in [3.8, 4) is 17.2 Å². The van der Waals surface area contributed by atoms with Crippen molar-refractivity contribution < 1.29 is 24.1 Å². The van der Waals surface area contributed by atoms with Crippen LogP contribution in [0.4, 0.5) is 0 Å². The summed E-state index contributed by atoms with van der Waals surface area (Å²) in [4.78, 5) is 12.3. The lowest BCUT2D eigenvalue weighted by atomic mass is 9.87. The normalized spacial score (nSPS) is 18.4. The summed E-state index contributed by atoms with van der Waals surface area (Å²) in [7, 11) is 1.58. The van der Waals surface area contributed by atoms with Crippen LogP contribution in [0.25, 0.3) is 0 Å². The smallest absolute Gasteiger partial charge is 0.338 e. The lowest BCUT2D eigenvalue weighted by Gasteiger charge is -2.37. The Morgan fingerprint density at radius 1 is 1.15 bits per heavy atom. The molecule has 1 unspecified atom stereocenters. The van der Waals surface area contributed by atoms with Crippen LogP contribution >= 0.6 is 0 Å². The number of rotatable bonds is 4. The number of carbonyl (C=O) groups is 1. The molecule has 1 heterocycles. The van der Waals surface area contributed by atoms with E-state index in [1.54, 1.807) is 31.4 Å². The molecule has 5 heteroatoms. The Kier molecular flexibility index (Phi) is 5.05. The van der Waals surface area contributed by atoms with Gasteiger partial charge in [0, 0.05) is 5.56 Å². The highest BCUT2D eigenvalue weighted by molar-refractivity contribution is 5.89. The van der Waals surface area contributed by atoms with Gasteiger partial charge in [-0.25, -0.2) is 4.79 Å². The SMILES string of the molecule is COc1ccc(C(=O)OCC2(C)CCc3c(C)c(O)c(C)c(C)c3O2)cc1. The maximum Gasteiger partial charge on any atom is 0.338 e. The Morgan fingerprint density at radius 2 is 1.81 bits per heavy atom. The van der Waals surface area contributed by atoms with Crippen LogP contribution in [0.3, 0.4) is 0 Å². The first-order valence-corrected chi connectivity index (χ1v) is 9.07. The predicted molar refractivity (Wildman–Crippen MR) is 103 cm³/mol. The van der Waals surface area contributed by atoms with Crippen molar-refractivity contribution in [2.24, 2.45) is 0 Å². The van der Waals surface area contributed by atoms with Gasteiger partial charge in [0.15, 0.2) is 0 Å². The predicted octanol–water partition coefficient (Wildman–Crippen LogP) is 4.27. The Labute approximate surface area is 159 Å². The van der Waals surface area contributed by atoms with Gasteiger partial charge in [-0.05, 0) is 81.5 Å². The number of hydrogen-bond donors (Lipinski definition) is 1. The standard InChI is InChI=1S/C22H26O5/c1-13-14(2)20-18(15(3)19(13)23)10-11-22(4,27-20)12-26-21(24)16-6-8-17(25-5)9-7-16/h6-9,23H,10-12H2,1-5H3. The van der Waals surface area contributed by atoms with Crippen LogP contribution in [-0.4, -0.2) is 30.4 Å². The zero-order valence-corrected chi connectivity index (χ0v) is 16.5. The lowest BCUT2D eigenvalue weighted by molar-refractivity contribution is -0.0164. The summed E-state index contributed by atoms with van der Waals surface area (Å²) >= 11 is 0. The molecule has 0 spiro atoms. The number of phenols is 1. The van der Waals surface area contributed by atoms with E-state index >= 15 is 0 Å². The van der Waals surface area contributed by atoms with Crippen LogP contribution in [0.5, 0.6) is 17.2 Å². The van der Waals surface area contributed by atoms with E-state index in [-0.39, 0.29) is 12.6 Å². The van der Waals surface area contributed by atoms with E-state index in [0.717, 1.165) is 34.4 Å². The van der Waals surface area contributed by atoms with E-state index in [1.165, 1.54) is 0 Å².